The summed E-state index contributed by atoms with van der Waals surface area (Å²) >= 11 is 6.42. The van der Waals surface area contributed by atoms with Gasteiger partial charge in [0.25, 0.3) is 0 Å². The maximum absolute atomic E-state index is 13.9. The maximum atomic E-state index is 13.9. The summed E-state index contributed by atoms with van der Waals surface area (Å²) in [6.45, 7) is 1.62. The average Bonchev–Trinajstić information content (AvgIpc) is 2.31. The third-order valence-electron chi connectivity index (χ3n) is 2.00. The topological polar surface area (TPSA) is 59.6 Å². The molecule has 1 N–H and O–H groups in total. The van der Waals surface area contributed by atoms with Gasteiger partial charge in [-0.1, -0.05) is 15.9 Å². The van der Waals surface area contributed by atoms with Crippen molar-refractivity contribution < 1.29 is 4.39 Å². The molecule has 0 aliphatic rings. The quantitative estimate of drug-likeness (QED) is 0.813. The fourth-order valence-electron chi connectivity index (χ4n) is 1.06. The summed E-state index contributed by atoms with van der Waals surface area (Å²) in [5.74, 6) is -0.447. The number of rotatable bonds is 2. The van der Waals surface area contributed by atoms with E-state index in [-0.39, 0.29) is 11.3 Å². The van der Waals surface area contributed by atoms with E-state index in [2.05, 4.69) is 37.2 Å². The largest absolute Gasteiger partial charge is 0.357 e. The van der Waals surface area contributed by atoms with Crippen LogP contribution in [0, 0.1) is 35.4 Å². The van der Waals surface area contributed by atoms with Gasteiger partial charge in [0.05, 0.1) is 5.69 Å². The molecule has 3 nitrogen and oxygen atoms in total. The van der Waals surface area contributed by atoms with Crippen molar-refractivity contribution in [1.29, 1.82) is 10.5 Å². The summed E-state index contributed by atoms with van der Waals surface area (Å²) in [4.78, 5) is 0. The summed E-state index contributed by atoms with van der Waals surface area (Å²) in [5, 5.41) is 19.7. The Morgan fingerprint density at radius 1 is 1.35 bits per heavy atom. The van der Waals surface area contributed by atoms with E-state index in [0.29, 0.717) is 14.5 Å². The standard InChI is InChI=1S/C11H6Br2FN3/c1-6-8(12)2-9(13)11(10(6)14)17-5-7(3-15)4-16/h2,5,17H,1H3. The molecule has 0 aliphatic heterocycles. The monoisotopic (exact) mass is 357 g/mol. The summed E-state index contributed by atoms with van der Waals surface area (Å²) in [7, 11) is 0. The molecule has 0 bridgehead atoms. The number of hydrogen-bond acceptors (Lipinski definition) is 3. The van der Waals surface area contributed by atoms with Crippen LogP contribution in [-0.2, 0) is 0 Å². The van der Waals surface area contributed by atoms with Gasteiger partial charge in [0.1, 0.15) is 17.7 Å². The van der Waals surface area contributed by atoms with Gasteiger partial charge in [0.2, 0.25) is 0 Å². The zero-order chi connectivity index (χ0) is 13.0. The number of nitrogens with zero attached hydrogens (tertiary/aromatic N) is 2. The highest BCUT2D eigenvalue weighted by Crippen LogP contribution is 2.33. The molecule has 0 saturated heterocycles. The van der Waals surface area contributed by atoms with Gasteiger partial charge in [0, 0.05) is 20.7 Å². The van der Waals surface area contributed by atoms with Crippen LogP contribution in [0.15, 0.2) is 26.8 Å². The van der Waals surface area contributed by atoms with E-state index in [4.69, 9.17) is 10.5 Å². The van der Waals surface area contributed by atoms with E-state index in [0.717, 1.165) is 6.20 Å². The van der Waals surface area contributed by atoms with Gasteiger partial charge in [-0.3, -0.25) is 0 Å². The van der Waals surface area contributed by atoms with Crippen LogP contribution in [0.4, 0.5) is 10.1 Å². The van der Waals surface area contributed by atoms with Crippen molar-refractivity contribution in [1.82, 2.24) is 0 Å². The third-order valence-corrected chi connectivity index (χ3v) is 3.45. The number of nitrogens with one attached hydrogen (secondary N) is 1. The van der Waals surface area contributed by atoms with Crippen LogP contribution in [0.25, 0.3) is 0 Å². The Balaban J connectivity index is 3.18. The second kappa shape index (κ2) is 5.81. The summed E-state index contributed by atoms with van der Waals surface area (Å²) in [6, 6.07) is 5.04. The Morgan fingerprint density at radius 2 is 1.94 bits per heavy atom. The van der Waals surface area contributed by atoms with Gasteiger partial charge in [-0.05, 0) is 28.9 Å². The predicted molar refractivity (Wildman–Crippen MR) is 69.5 cm³/mol. The lowest BCUT2D eigenvalue weighted by molar-refractivity contribution is 0.620. The van der Waals surface area contributed by atoms with E-state index < -0.39 is 5.82 Å². The van der Waals surface area contributed by atoms with Crippen molar-refractivity contribution in [3.63, 3.8) is 0 Å². The van der Waals surface area contributed by atoms with Crippen molar-refractivity contribution in [2.24, 2.45) is 0 Å². The third kappa shape index (κ3) is 3.06. The molecular formula is C11H6Br2FN3. The molecule has 0 saturated carbocycles. The Labute approximate surface area is 115 Å². The van der Waals surface area contributed by atoms with Crippen LogP contribution in [0.2, 0.25) is 0 Å². The highest BCUT2D eigenvalue weighted by molar-refractivity contribution is 9.11. The second-order valence-corrected chi connectivity index (χ2v) is 4.79. The lowest BCUT2D eigenvalue weighted by atomic mass is 10.2. The minimum atomic E-state index is -0.447. The number of benzene rings is 1. The van der Waals surface area contributed by atoms with Gasteiger partial charge in [-0.15, -0.1) is 0 Å². The molecule has 1 aromatic rings. The van der Waals surface area contributed by atoms with E-state index in [1.54, 1.807) is 25.1 Å². The van der Waals surface area contributed by atoms with Crippen LogP contribution in [0.3, 0.4) is 0 Å². The summed E-state index contributed by atoms with van der Waals surface area (Å²) in [6.07, 6.45) is 1.16. The molecule has 0 fully saturated rings. The highest BCUT2D eigenvalue weighted by Gasteiger charge is 2.12. The number of anilines is 1. The van der Waals surface area contributed by atoms with Gasteiger partial charge in [-0.25, -0.2) is 4.39 Å². The predicted octanol–water partition coefficient (Wildman–Crippen LogP) is 4.00. The van der Waals surface area contributed by atoms with Gasteiger partial charge in [0.15, 0.2) is 5.82 Å². The molecule has 0 unspecified atom stereocenters. The van der Waals surface area contributed by atoms with Gasteiger partial charge in [-0.2, -0.15) is 10.5 Å². The number of nitriles is 2. The van der Waals surface area contributed by atoms with E-state index in [1.165, 1.54) is 0 Å². The van der Waals surface area contributed by atoms with Gasteiger partial charge < -0.3 is 5.32 Å². The molecule has 0 amide bonds. The zero-order valence-electron chi connectivity index (χ0n) is 8.68. The Morgan fingerprint density at radius 3 is 2.47 bits per heavy atom. The molecule has 17 heavy (non-hydrogen) atoms. The highest BCUT2D eigenvalue weighted by atomic mass is 79.9. The van der Waals surface area contributed by atoms with Crippen LogP contribution in [-0.4, -0.2) is 0 Å². The Hall–Kier alpha value is -1.37. The summed E-state index contributed by atoms with van der Waals surface area (Å²) < 4.78 is 15.0. The zero-order valence-corrected chi connectivity index (χ0v) is 11.9. The minimum absolute atomic E-state index is 0.128. The summed E-state index contributed by atoms with van der Waals surface area (Å²) in [5.41, 5.74) is 0.505. The molecule has 0 aromatic heterocycles. The van der Waals surface area contributed by atoms with Gasteiger partial charge >= 0.3 is 0 Å². The van der Waals surface area contributed by atoms with Crippen molar-refractivity contribution in [3.8, 4) is 12.1 Å². The smallest absolute Gasteiger partial charge is 0.151 e. The number of hydrogen-bond donors (Lipinski definition) is 1. The van der Waals surface area contributed by atoms with E-state index in [1.807, 2.05) is 0 Å². The molecule has 0 radical (unpaired) electrons. The van der Waals surface area contributed by atoms with Crippen molar-refractivity contribution in [3.05, 3.63) is 38.2 Å². The fraction of sp³-hybridized carbons (Fsp3) is 0.0909. The van der Waals surface area contributed by atoms with Crippen molar-refractivity contribution in [2.45, 2.75) is 6.92 Å². The van der Waals surface area contributed by atoms with Crippen LogP contribution < -0.4 is 5.32 Å². The Kier molecular flexibility index (Phi) is 4.68. The van der Waals surface area contributed by atoms with Crippen molar-refractivity contribution in [2.75, 3.05) is 5.32 Å². The first-order valence-electron chi connectivity index (χ1n) is 4.42. The molecule has 0 aliphatic carbocycles. The molecule has 1 rings (SSSR count). The van der Waals surface area contributed by atoms with E-state index in [9.17, 15) is 4.39 Å². The molecule has 1 aromatic carbocycles. The second-order valence-electron chi connectivity index (χ2n) is 3.08. The molecule has 0 spiro atoms. The molecular weight excluding hydrogens is 353 g/mol. The lowest BCUT2D eigenvalue weighted by Gasteiger charge is -2.09. The molecule has 86 valence electrons. The molecule has 6 heteroatoms. The average molecular weight is 359 g/mol. The molecule has 0 atom stereocenters. The Bertz CT molecular complexity index is 552. The first kappa shape index (κ1) is 13.7. The van der Waals surface area contributed by atoms with Crippen LogP contribution >= 0.6 is 31.9 Å². The van der Waals surface area contributed by atoms with Crippen LogP contribution in [0.1, 0.15) is 5.56 Å². The minimum Gasteiger partial charge on any atom is -0.357 e. The maximum Gasteiger partial charge on any atom is 0.151 e. The lowest BCUT2D eigenvalue weighted by Crippen LogP contribution is -1.98. The van der Waals surface area contributed by atoms with Crippen LogP contribution in [0.5, 0.6) is 0 Å². The van der Waals surface area contributed by atoms with E-state index >= 15 is 0 Å². The SMILES string of the molecule is Cc1c(Br)cc(Br)c(NC=C(C#N)C#N)c1F. The first-order chi connectivity index (χ1) is 8.01. The fourth-order valence-corrected chi connectivity index (χ4v) is 2.28. The first-order valence-corrected chi connectivity index (χ1v) is 6.00. The molecule has 0 heterocycles. The number of halogens is 3. The van der Waals surface area contributed by atoms with Crippen molar-refractivity contribution >= 4 is 37.5 Å². The number of allylic oxidation sites excluding steroid dienone is 1. The normalized spacial score (nSPS) is 9.06.